The van der Waals surface area contributed by atoms with Gasteiger partial charge in [0.15, 0.2) is 0 Å². The van der Waals surface area contributed by atoms with Crippen LogP contribution in [-0.4, -0.2) is 39.5 Å². The molecule has 0 rings (SSSR count). The van der Waals surface area contributed by atoms with Gasteiger partial charge in [-0.25, -0.2) is 4.79 Å². The molecule has 0 N–H and O–H groups in total. The van der Waals surface area contributed by atoms with Gasteiger partial charge < -0.3 is 14.2 Å². The topological polar surface area (TPSA) is 44.8 Å². The predicted octanol–water partition coefficient (Wildman–Crippen LogP) is 0.769. The first kappa shape index (κ1) is 12.1. The van der Waals surface area contributed by atoms with Crippen molar-refractivity contribution in [3.05, 3.63) is 12.2 Å². The second-order valence-corrected chi connectivity index (χ2v) is 2.27. The number of allylic oxidation sites excluding steroid dienone is 1. The SMILES string of the molecule is C/C=C/C(=O)OCCOCCOC. The molecule has 76 valence electrons. The Balaban J connectivity index is 3.11. The predicted molar refractivity (Wildman–Crippen MR) is 48.5 cm³/mol. The highest BCUT2D eigenvalue weighted by Gasteiger charge is 1.94. The summed E-state index contributed by atoms with van der Waals surface area (Å²) in [5.41, 5.74) is 0. The number of ether oxygens (including phenoxy) is 3. The standard InChI is InChI=1S/C9H16O4/c1-3-4-9(10)13-8-7-12-6-5-11-2/h3-4H,5-8H2,1-2H3/b4-3+. The zero-order chi connectivity index (χ0) is 9.94. The largest absolute Gasteiger partial charge is 0.460 e. The molecule has 0 amide bonds. The van der Waals surface area contributed by atoms with Crippen molar-refractivity contribution in [1.82, 2.24) is 0 Å². The molecular formula is C9H16O4. The maximum absolute atomic E-state index is 10.7. The van der Waals surface area contributed by atoms with Gasteiger partial charge >= 0.3 is 5.97 Å². The van der Waals surface area contributed by atoms with Crippen LogP contribution in [0.4, 0.5) is 0 Å². The average molecular weight is 188 g/mol. The summed E-state index contributed by atoms with van der Waals surface area (Å²) in [5, 5.41) is 0. The first-order valence-corrected chi connectivity index (χ1v) is 4.17. The molecule has 0 radical (unpaired) electrons. The van der Waals surface area contributed by atoms with E-state index in [1.165, 1.54) is 6.08 Å². The maximum Gasteiger partial charge on any atom is 0.330 e. The van der Waals surface area contributed by atoms with Crippen molar-refractivity contribution >= 4 is 5.97 Å². The van der Waals surface area contributed by atoms with Crippen LogP contribution in [0.1, 0.15) is 6.92 Å². The van der Waals surface area contributed by atoms with E-state index < -0.39 is 0 Å². The van der Waals surface area contributed by atoms with Crippen LogP contribution in [0.5, 0.6) is 0 Å². The van der Waals surface area contributed by atoms with E-state index in [9.17, 15) is 4.79 Å². The second kappa shape index (κ2) is 9.22. The summed E-state index contributed by atoms with van der Waals surface area (Å²) in [6.07, 6.45) is 3.00. The molecule has 0 aromatic carbocycles. The lowest BCUT2D eigenvalue weighted by atomic mass is 10.5. The fourth-order valence-electron chi connectivity index (χ4n) is 0.630. The van der Waals surface area contributed by atoms with Gasteiger partial charge in [-0.05, 0) is 6.92 Å². The molecule has 0 spiro atoms. The molecule has 0 aliphatic heterocycles. The van der Waals surface area contributed by atoms with E-state index in [0.717, 1.165) is 0 Å². The van der Waals surface area contributed by atoms with Crippen LogP contribution >= 0.6 is 0 Å². The van der Waals surface area contributed by atoms with Crippen LogP contribution in [0.2, 0.25) is 0 Å². The molecule has 0 aliphatic rings. The van der Waals surface area contributed by atoms with Crippen LogP contribution in [0.25, 0.3) is 0 Å². The van der Waals surface area contributed by atoms with Crippen LogP contribution in [0.3, 0.4) is 0 Å². The van der Waals surface area contributed by atoms with Gasteiger partial charge in [-0.2, -0.15) is 0 Å². The monoisotopic (exact) mass is 188 g/mol. The van der Waals surface area contributed by atoms with Gasteiger partial charge in [0.1, 0.15) is 6.61 Å². The Morgan fingerprint density at radius 1 is 1.23 bits per heavy atom. The van der Waals surface area contributed by atoms with Gasteiger partial charge in [-0.1, -0.05) is 6.08 Å². The van der Waals surface area contributed by atoms with Gasteiger partial charge in [0.25, 0.3) is 0 Å². The molecule has 0 unspecified atom stereocenters. The third-order valence-corrected chi connectivity index (χ3v) is 1.21. The Morgan fingerprint density at radius 3 is 2.54 bits per heavy atom. The summed E-state index contributed by atoms with van der Waals surface area (Å²) >= 11 is 0. The van der Waals surface area contributed by atoms with Gasteiger partial charge in [0.05, 0.1) is 19.8 Å². The zero-order valence-electron chi connectivity index (χ0n) is 8.12. The molecule has 0 saturated carbocycles. The fraction of sp³-hybridized carbons (Fsp3) is 0.667. The lowest BCUT2D eigenvalue weighted by Crippen LogP contribution is -2.10. The van der Waals surface area contributed by atoms with E-state index in [-0.39, 0.29) is 12.6 Å². The molecular weight excluding hydrogens is 172 g/mol. The lowest BCUT2D eigenvalue weighted by Gasteiger charge is -2.03. The Morgan fingerprint density at radius 2 is 1.92 bits per heavy atom. The van der Waals surface area contributed by atoms with Crippen LogP contribution in [0, 0.1) is 0 Å². The zero-order valence-corrected chi connectivity index (χ0v) is 8.12. The number of hydrogen-bond acceptors (Lipinski definition) is 4. The van der Waals surface area contributed by atoms with E-state index in [4.69, 9.17) is 14.2 Å². The highest BCUT2D eigenvalue weighted by Crippen LogP contribution is 1.83. The molecule has 0 fully saturated rings. The molecule has 4 nitrogen and oxygen atoms in total. The molecule has 13 heavy (non-hydrogen) atoms. The molecule has 0 saturated heterocycles. The van der Waals surface area contributed by atoms with E-state index in [1.54, 1.807) is 20.1 Å². The second-order valence-electron chi connectivity index (χ2n) is 2.27. The van der Waals surface area contributed by atoms with Crippen molar-refractivity contribution in [2.75, 3.05) is 33.5 Å². The Bertz CT molecular complexity index is 154. The Kier molecular flexibility index (Phi) is 8.60. The normalized spacial score (nSPS) is 10.6. The van der Waals surface area contributed by atoms with Gasteiger partial charge in [-0.15, -0.1) is 0 Å². The number of carbonyl (C=O) groups excluding carboxylic acids is 1. The van der Waals surface area contributed by atoms with Crippen molar-refractivity contribution in [1.29, 1.82) is 0 Å². The van der Waals surface area contributed by atoms with Crippen molar-refractivity contribution in [3.63, 3.8) is 0 Å². The maximum atomic E-state index is 10.7. The molecule has 0 aromatic heterocycles. The van der Waals surface area contributed by atoms with Crippen molar-refractivity contribution in [2.45, 2.75) is 6.92 Å². The average Bonchev–Trinajstić information content (AvgIpc) is 2.11. The third-order valence-electron chi connectivity index (χ3n) is 1.21. The number of esters is 1. The molecule has 0 aliphatic carbocycles. The summed E-state index contributed by atoms with van der Waals surface area (Å²) < 4.78 is 14.6. The number of carbonyl (C=O) groups is 1. The minimum Gasteiger partial charge on any atom is -0.460 e. The third kappa shape index (κ3) is 9.04. The minimum absolute atomic E-state index is 0.285. The summed E-state index contributed by atoms with van der Waals surface area (Å²) in [5.74, 6) is -0.335. The highest BCUT2D eigenvalue weighted by atomic mass is 16.6. The van der Waals surface area contributed by atoms with Gasteiger partial charge in [0, 0.05) is 13.2 Å². The molecule has 0 atom stereocenters. The lowest BCUT2D eigenvalue weighted by molar-refractivity contribution is -0.139. The molecule has 0 aromatic rings. The van der Waals surface area contributed by atoms with E-state index in [2.05, 4.69) is 0 Å². The van der Waals surface area contributed by atoms with Crippen molar-refractivity contribution in [3.8, 4) is 0 Å². The van der Waals surface area contributed by atoms with Crippen LogP contribution < -0.4 is 0 Å². The van der Waals surface area contributed by atoms with E-state index >= 15 is 0 Å². The van der Waals surface area contributed by atoms with Crippen molar-refractivity contribution in [2.24, 2.45) is 0 Å². The Labute approximate surface area is 78.5 Å². The molecule has 0 heterocycles. The van der Waals surface area contributed by atoms with Crippen LogP contribution in [0.15, 0.2) is 12.2 Å². The fourth-order valence-corrected chi connectivity index (χ4v) is 0.630. The summed E-state index contributed by atoms with van der Waals surface area (Å²) in [6.45, 7) is 3.54. The smallest absolute Gasteiger partial charge is 0.330 e. The first-order valence-electron chi connectivity index (χ1n) is 4.17. The van der Waals surface area contributed by atoms with E-state index in [1.807, 2.05) is 0 Å². The Hall–Kier alpha value is -0.870. The number of hydrogen-bond donors (Lipinski definition) is 0. The first-order chi connectivity index (χ1) is 6.31. The summed E-state index contributed by atoms with van der Waals surface area (Å²) in [7, 11) is 1.61. The van der Waals surface area contributed by atoms with Crippen LogP contribution in [-0.2, 0) is 19.0 Å². The van der Waals surface area contributed by atoms with Gasteiger partial charge in [0.2, 0.25) is 0 Å². The van der Waals surface area contributed by atoms with E-state index in [0.29, 0.717) is 19.8 Å². The number of methoxy groups -OCH3 is 1. The summed E-state index contributed by atoms with van der Waals surface area (Å²) in [4.78, 5) is 10.7. The minimum atomic E-state index is -0.335. The van der Waals surface area contributed by atoms with Gasteiger partial charge in [-0.3, -0.25) is 0 Å². The quantitative estimate of drug-likeness (QED) is 0.336. The number of rotatable bonds is 7. The van der Waals surface area contributed by atoms with Crippen molar-refractivity contribution < 1.29 is 19.0 Å². The highest BCUT2D eigenvalue weighted by molar-refractivity contribution is 5.81. The summed E-state index contributed by atoms with van der Waals surface area (Å²) in [6, 6.07) is 0. The molecule has 4 heteroatoms. The molecule has 0 bridgehead atoms.